The zero-order chi connectivity index (χ0) is 24.8. The summed E-state index contributed by atoms with van der Waals surface area (Å²) in [6.07, 6.45) is -3.46. The second kappa shape index (κ2) is 10.5. The van der Waals surface area contributed by atoms with Gasteiger partial charge < -0.3 is 14.8 Å². The molecule has 0 heterocycles. The molecule has 0 spiro atoms. The van der Waals surface area contributed by atoms with Crippen molar-refractivity contribution in [2.24, 2.45) is 0 Å². The third kappa shape index (κ3) is 7.05. The molecular weight excluding hydrogens is 465 g/mol. The van der Waals surface area contributed by atoms with Crippen molar-refractivity contribution in [3.05, 3.63) is 59.7 Å². The van der Waals surface area contributed by atoms with E-state index in [4.69, 9.17) is 9.47 Å². The van der Waals surface area contributed by atoms with Crippen LogP contribution in [0.1, 0.15) is 18.1 Å². The van der Waals surface area contributed by atoms with Crippen molar-refractivity contribution < 1.29 is 40.7 Å². The van der Waals surface area contributed by atoms with E-state index in [9.17, 15) is 31.2 Å². The first-order chi connectivity index (χ1) is 15.4. The number of halogens is 3. The van der Waals surface area contributed by atoms with Gasteiger partial charge in [-0.05, 0) is 62.0 Å². The molecular formula is C21H21F3N2O6S. The molecule has 0 aliphatic heterocycles. The lowest BCUT2D eigenvalue weighted by atomic mass is 10.2. The second-order valence-electron chi connectivity index (χ2n) is 6.59. The van der Waals surface area contributed by atoms with Gasteiger partial charge in [-0.25, -0.2) is 17.9 Å². The molecule has 2 N–H and O–H groups in total. The van der Waals surface area contributed by atoms with Crippen LogP contribution in [0.4, 0.5) is 18.9 Å². The minimum absolute atomic E-state index is 0.1000. The number of carbonyl (C=O) groups is 2. The number of alkyl halides is 3. The highest BCUT2D eigenvalue weighted by molar-refractivity contribution is 7.89. The quantitative estimate of drug-likeness (QED) is 0.438. The van der Waals surface area contributed by atoms with Crippen LogP contribution in [0.2, 0.25) is 0 Å². The summed E-state index contributed by atoms with van der Waals surface area (Å²) in [5.41, 5.74) is -0.416. The predicted octanol–water partition coefficient (Wildman–Crippen LogP) is 3.21. The number of amides is 1. The Balaban J connectivity index is 2.02. The van der Waals surface area contributed by atoms with Gasteiger partial charge in [0.25, 0.3) is 5.91 Å². The van der Waals surface area contributed by atoms with Gasteiger partial charge in [0.2, 0.25) is 10.0 Å². The fourth-order valence-electron chi connectivity index (χ4n) is 2.53. The minimum Gasteiger partial charge on any atom is -0.495 e. The summed E-state index contributed by atoms with van der Waals surface area (Å²) < 4.78 is 74.2. The first kappa shape index (κ1) is 25.9. The van der Waals surface area contributed by atoms with E-state index in [1.807, 2.05) is 0 Å². The van der Waals surface area contributed by atoms with Crippen LogP contribution < -0.4 is 14.8 Å². The van der Waals surface area contributed by atoms with E-state index in [0.717, 1.165) is 30.3 Å². The summed E-state index contributed by atoms with van der Waals surface area (Å²) in [7, 11) is -1.26. The first-order valence-electron chi connectivity index (χ1n) is 9.36. The summed E-state index contributed by atoms with van der Waals surface area (Å²) in [5, 5.41) is 2.35. The van der Waals surface area contributed by atoms with Crippen LogP contribution in [0.25, 0.3) is 6.08 Å². The standard InChI is InChI=1S/C21H21F3N2O6S/c1-13(20(28)26-16-8-6-15(7-9-16)21(22,23)24)32-19(27)11-5-14-4-10-17(31-3)18(12-14)33(29,30)25-2/h4-13,25H,1-3H3,(H,26,28)/b11-5+. The van der Waals surface area contributed by atoms with Gasteiger partial charge in [0, 0.05) is 11.8 Å². The van der Waals surface area contributed by atoms with Crippen molar-refractivity contribution in [1.82, 2.24) is 4.72 Å². The molecule has 0 bridgehead atoms. The van der Waals surface area contributed by atoms with Crippen molar-refractivity contribution in [2.75, 3.05) is 19.5 Å². The molecule has 2 rings (SSSR count). The summed E-state index contributed by atoms with van der Waals surface area (Å²) in [6, 6.07) is 7.99. The average Bonchev–Trinajstić information content (AvgIpc) is 2.77. The summed E-state index contributed by atoms with van der Waals surface area (Å²) >= 11 is 0. The van der Waals surface area contributed by atoms with Crippen LogP contribution in [0.15, 0.2) is 53.4 Å². The number of benzene rings is 2. The topological polar surface area (TPSA) is 111 Å². The number of hydrogen-bond acceptors (Lipinski definition) is 6. The fraction of sp³-hybridized carbons (Fsp3) is 0.238. The van der Waals surface area contributed by atoms with Crippen LogP contribution in [0.3, 0.4) is 0 Å². The van der Waals surface area contributed by atoms with E-state index in [1.54, 1.807) is 0 Å². The van der Waals surface area contributed by atoms with Gasteiger partial charge in [0.15, 0.2) is 6.10 Å². The monoisotopic (exact) mass is 486 g/mol. The smallest absolute Gasteiger partial charge is 0.416 e. The first-order valence-corrected chi connectivity index (χ1v) is 10.8. The van der Waals surface area contributed by atoms with Gasteiger partial charge in [-0.1, -0.05) is 6.07 Å². The number of rotatable bonds is 8. The number of hydrogen-bond donors (Lipinski definition) is 2. The van der Waals surface area contributed by atoms with Crippen LogP contribution in [-0.2, 0) is 30.5 Å². The fourth-order valence-corrected chi connectivity index (χ4v) is 3.46. The molecule has 12 heteroatoms. The molecule has 0 saturated heterocycles. The number of esters is 1. The normalized spacial score (nSPS) is 12.9. The third-order valence-electron chi connectivity index (χ3n) is 4.30. The van der Waals surface area contributed by atoms with E-state index in [1.165, 1.54) is 45.4 Å². The van der Waals surface area contributed by atoms with Crippen molar-refractivity contribution in [3.63, 3.8) is 0 Å². The Kier molecular flexibility index (Phi) is 8.23. The van der Waals surface area contributed by atoms with Crippen molar-refractivity contribution >= 4 is 33.7 Å². The van der Waals surface area contributed by atoms with Crippen LogP contribution >= 0.6 is 0 Å². The highest BCUT2D eigenvalue weighted by atomic mass is 32.2. The van der Waals surface area contributed by atoms with Crippen molar-refractivity contribution in [2.45, 2.75) is 24.1 Å². The molecule has 2 aromatic carbocycles. The Bertz CT molecular complexity index is 1150. The molecule has 1 amide bonds. The number of sulfonamides is 1. The zero-order valence-electron chi connectivity index (χ0n) is 17.8. The maximum Gasteiger partial charge on any atom is 0.416 e. The zero-order valence-corrected chi connectivity index (χ0v) is 18.6. The lowest BCUT2D eigenvalue weighted by Crippen LogP contribution is -2.29. The molecule has 2 aromatic rings. The average molecular weight is 486 g/mol. The van der Waals surface area contributed by atoms with E-state index < -0.39 is 39.7 Å². The molecule has 0 aromatic heterocycles. The van der Waals surface area contributed by atoms with Gasteiger partial charge in [-0.2, -0.15) is 13.2 Å². The lowest BCUT2D eigenvalue weighted by molar-refractivity contribution is -0.148. The van der Waals surface area contributed by atoms with Crippen LogP contribution in [0.5, 0.6) is 5.75 Å². The Labute approximate surface area is 188 Å². The van der Waals surface area contributed by atoms with Crippen LogP contribution in [0, 0.1) is 0 Å². The predicted molar refractivity (Wildman–Crippen MR) is 114 cm³/mol. The van der Waals surface area contributed by atoms with Gasteiger partial charge in [-0.15, -0.1) is 0 Å². The van der Waals surface area contributed by atoms with Gasteiger partial charge in [0.1, 0.15) is 10.6 Å². The summed E-state index contributed by atoms with van der Waals surface area (Å²) in [4.78, 5) is 24.0. The number of ether oxygens (including phenoxy) is 2. The van der Waals surface area contributed by atoms with E-state index >= 15 is 0 Å². The van der Waals surface area contributed by atoms with Crippen molar-refractivity contribution in [1.29, 1.82) is 0 Å². The maximum absolute atomic E-state index is 12.6. The van der Waals surface area contributed by atoms with Gasteiger partial charge in [0.05, 0.1) is 12.7 Å². The Hall–Kier alpha value is -3.38. The Morgan fingerprint density at radius 3 is 2.27 bits per heavy atom. The highest BCUT2D eigenvalue weighted by Crippen LogP contribution is 2.30. The highest BCUT2D eigenvalue weighted by Gasteiger charge is 2.30. The van der Waals surface area contributed by atoms with Gasteiger partial charge >= 0.3 is 12.1 Å². The molecule has 178 valence electrons. The van der Waals surface area contributed by atoms with E-state index in [-0.39, 0.29) is 16.3 Å². The molecule has 8 nitrogen and oxygen atoms in total. The van der Waals surface area contributed by atoms with E-state index in [0.29, 0.717) is 5.56 Å². The Morgan fingerprint density at radius 2 is 1.73 bits per heavy atom. The molecule has 1 unspecified atom stereocenters. The minimum atomic E-state index is -4.50. The van der Waals surface area contributed by atoms with E-state index in [2.05, 4.69) is 10.0 Å². The third-order valence-corrected chi connectivity index (χ3v) is 5.74. The number of nitrogens with one attached hydrogen (secondary N) is 2. The van der Waals surface area contributed by atoms with Crippen LogP contribution in [-0.4, -0.2) is 40.6 Å². The second-order valence-corrected chi connectivity index (χ2v) is 8.45. The molecule has 0 fully saturated rings. The van der Waals surface area contributed by atoms with Crippen molar-refractivity contribution in [3.8, 4) is 5.75 Å². The largest absolute Gasteiger partial charge is 0.495 e. The molecule has 0 aliphatic rings. The number of anilines is 1. The summed E-state index contributed by atoms with van der Waals surface area (Å²) in [5.74, 6) is -1.53. The molecule has 33 heavy (non-hydrogen) atoms. The SMILES string of the molecule is CNS(=O)(=O)c1cc(/C=C/C(=O)OC(C)C(=O)Nc2ccc(C(F)(F)F)cc2)ccc1OC. The summed E-state index contributed by atoms with van der Waals surface area (Å²) in [6.45, 7) is 1.29. The molecule has 0 saturated carbocycles. The van der Waals surface area contributed by atoms with Gasteiger partial charge in [-0.3, -0.25) is 4.79 Å². The maximum atomic E-state index is 12.6. The molecule has 0 aliphatic carbocycles. The number of carbonyl (C=O) groups excluding carboxylic acids is 2. The number of methoxy groups -OCH3 is 1. The molecule has 1 atom stereocenters. The lowest BCUT2D eigenvalue weighted by Gasteiger charge is -2.13. The molecule has 0 radical (unpaired) electrons. The Morgan fingerprint density at radius 1 is 1.09 bits per heavy atom.